The molecule has 0 spiro atoms. The van der Waals surface area contributed by atoms with Crippen LogP contribution in [0.1, 0.15) is 43.6 Å². The van der Waals surface area contributed by atoms with Crippen molar-refractivity contribution < 1.29 is 9.18 Å². The standard InChI is InChI=1S/C27H34FN7O/c1-17(2)33-7-9-34(10-8-33)22-6-5-20(12-21(22)28)30-26-29-16-19-11-23(25(36)32(3)4)35(24(19)31-26)27-13-18(14-27)15-27/h5-6,11-12,16-18H,7-10,13-15H2,1-4H3,(H,29,30,31). The third-order valence-electron chi connectivity index (χ3n) is 8.24. The molecule has 0 unspecified atom stereocenters. The molecule has 1 aromatic carbocycles. The molecule has 3 aliphatic carbocycles. The van der Waals surface area contributed by atoms with Gasteiger partial charge in [-0.3, -0.25) is 9.69 Å². The number of fused-ring (bicyclic) bond motifs is 1. The molecule has 9 heteroatoms. The molecule has 8 nitrogen and oxygen atoms in total. The van der Waals surface area contributed by atoms with Gasteiger partial charge < -0.3 is 19.7 Å². The molecular weight excluding hydrogens is 457 g/mol. The molecule has 190 valence electrons. The van der Waals surface area contributed by atoms with Crippen molar-refractivity contribution >= 4 is 34.3 Å². The van der Waals surface area contributed by atoms with Crippen LogP contribution in [0.25, 0.3) is 11.0 Å². The molecule has 2 aromatic heterocycles. The maximum Gasteiger partial charge on any atom is 0.270 e. The number of benzene rings is 1. The summed E-state index contributed by atoms with van der Waals surface area (Å²) in [4.78, 5) is 28.4. The van der Waals surface area contributed by atoms with Crippen LogP contribution in [0, 0.1) is 11.7 Å². The smallest absolute Gasteiger partial charge is 0.270 e. The summed E-state index contributed by atoms with van der Waals surface area (Å²) in [5, 5.41) is 4.03. The Labute approximate surface area is 211 Å². The van der Waals surface area contributed by atoms with Crippen molar-refractivity contribution in [1.82, 2.24) is 24.3 Å². The molecule has 4 fully saturated rings. The van der Waals surface area contributed by atoms with Crippen LogP contribution in [0.3, 0.4) is 0 Å². The largest absolute Gasteiger partial charge is 0.367 e. The lowest BCUT2D eigenvalue weighted by molar-refractivity contribution is -0.0870. The minimum Gasteiger partial charge on any atom is -0.367 e. The van der Waals surface area contributed by atoms with Crippen LogP contribution in [0.2, 0.25) is 0 Å². The van der Waals surface area contributed by atoms with Gasteiger partial charge in [0.05, 0.1) is 5.69 Å². The fourth-order valence-corrected chi connectivity index (χ4v) is 6.07. The van der Waals surface area contributed by atoms with E-state index >= 15 is 4.39 Å². The van der Waals surface area contributed by atoms with E-state index in [1.165, 1.54) is 6.07 Å². The lowest BCUT2D eigenvalue weighted by atomic mass is 9.49. The molecule has 3 saturated carbocycles. The number of rotatable bonds is 6. The third-order valence-corrected chi connectivity index (χ3v) is 8.24. The lowest BCUT2D eigenvalue weighted by Gasteiger charge is -2.62. The monoisotopic (exact) mass is 491 g/mol. The van der Waals surface area contributed by atoms with Gasteiger partial charge in [0.2, 0.25) is 5.95 Å². The summed E-state index contributed by atoms with van der Waals surface area (Å²) < 4.78 is 17.2. The fourth-order valence-electron chi connectivity index (χ4n) is 6.07. The highest BCUT2D eigenvalue weighted by molar-refractivity contribution is 5.98. The van der Waals surface area contributed by atoms with Crippen molar-refractivity contribution in [2.24, 2.45) is 5.92 Å². The number of carbonyl (C=O) groups excluding carboxylic acids is 1. The van der Waals surface area contributed by atoms with Gasteiger partial charge >= 0.3 is 0 Å². The third kappa shape index (κ3) is 3.72. The maximum atomic E-state index is 15.1. The number of nitrogens with one attached hydrogen (secondary N) is 1. The number of piperazine rings is 1. The van der Waals surface area contributed by atoms with Gasteiger partial charge in [0.1, 0.15) is 17.2 Å². The van der Waals surface area contributed by atoms with Gasteiger partial charge in [-0.15, -0.1) is 0 Å². The highest BCUT2D eigenvalue weighted by atomic mass is 19.1. The molecule has 3 heterocycles. The van der Waals surface area contributed by atoms with Crippen molar-refractivity contribution in [2.75, 3.05) is 50.5 Å². The summed E-state index contributed by atoms with van der Waals surface area (Å²) in [6.45, 7) is 7.90. The SMILES string of the molecule is CC(C)N1CCN(c2ccc(Nc3ncc4cc(C(=O)N(C)C)n(C56CC(C5)C6)c4n3)cc2F)CC1. The second-order valence-electron chi connectivity index (χ2n) is 11.1. The van der Waals surface area contributed by atoms with Crippen LogP contribution in [-0.4, -0.2) is 76.6 Å². The zero-order chi connectivity index (χ0) is 25.2. The van der Waals surface area contributed by atoms with Crippen molar-refractivity contribution in [2.45, 2.75) is 44.7 Å². The Bertz CT molecular complexity index is 1310. The summed E-state index contributed by atoms with van der Waals surface area (Å²) in [6.07, 6.45) is 5.03. The summed E-state index contributed by atoms with van der Waals surface area (Å²) >= 11 is 0. The zero-order valence-corrected chi connectivity index (χ0v) is 21.5. The van der Waals surface area contributed by atoms with Crippen LogP contribution in [0.15, 0.2) is 30.5 Å². The average Bonchev–Trinajstić information content (AvgIpc) is 3.15. The van der Waals surface area contributed by atoms with Gasteiger partial charge in [0, 0.05) is 69.1 Å². The molecular formula is C27H34FN7O. The van der Waals surface area contributed by atoms with Gasteiger partial charge in [-0.2, -0.15) is 4.98 Å². The Morgan fingerprint density at radius 1 is 1.14 bits per heavy atom. The second kappa shape index (κ2) is 8.44. The van der Waals surface area contributed by atoms with Crippen LogP contribution >= 0.6 is 0 Å². The number of nitrogens with zero attached hydrogens (tertiary/aromatic N) is 6. The Morgan fingerprint density at radius 3 is 2.44 bits per heavy atom. The van der Waals surface area contributed by atoms with E-state index in [9.17, 15) is 4.79 Å². The molecule has 36 heavy (non-hydrogen) atoms. The van der Waals surface area contributed by atoms with Crippen molar-refractivity contribution in [3.05, 3.63) is 42.0 Å². The Kier molecular flexibility index (Phi) is 5.44. The van der Waals surface area contributed by atoms with Gasteiger partial charge in [-0.1, -0.05) is 0 Å². The predicted molar refractivity (Wildman–Crippen MR) is 139 cm³/mol. The molecule has 1 amide bonds. The number of carbonyl (C=O) groups is 1. The van der Waals surface area contributed by atoms with Crippen molar-refractivity contribution in [3.63, 3.8) is 0 Å². The van der Waals surface area contributed by atoms with E-state index in [-0.39, 0.29) is 17.3 Å². The zero-order valence-electron chi connectivity index (χ0n) is 21.5. The topological polar surface area (TPSA) is 69.5 Å². The van der Waals surface area contributed by atoms with Gasteiger partial charge in [-0.05, 0) is 63.3 Å². The van der Waals surface area contributed by atoms with E-state index in [4.69, 9.17) is 4.98 Å². The molecule has 7 rings (SSSR count). The molecule has 0 radical (unpaired) electrons. The molecule has 1 aliphatic heterocycles. The van der Waals surface area contributed by atoms with Gasteiger partial charge in [0.15, 0.2) is 0 Å². The number of halogens is 1. The van der Waals surface area contributed by atoms with Crippen LogP contribution in [0.5, 0.6) is 0 Å². The van der Waals surface area contributed by atoms with Gasteiger partial charge in [0.25, 0.3) is 5.91 Å². The Morgan fingerprint density at radius 2 is 1.86 bits per heavy atom. The number of anilines is 3. The quantitative estimate of drug-likeness (QED) is 0.561. The van der Waals surface area contributed by atoms with E-state index in [0.717, 1.165) is 62.4 Å². The molecule has 1 N–H and O–H groups in total. The summed E-state index contributed by atoms with van der Waals surface area (Å²) in [7, 11) is 3.54. The minimum absolute atomic E-state index is 0.00755. The van der Waals surface area contributed by atoms with Crippen LogP contribution < -0.4 is 10.2 Å². The summed E-state index contributed by atoms with van der Waals surface area (Å²) in [5.74, 6) is 0.878. The molecule has 3 aromatic rings. The van der Waals surface area contributed by atoms with E-state index in [2.05, 4.69) is 38.5 Å². The number of hydrogen-bond acceptors (Lipinski definition) is 6. The first kappa shape index (κ1) is 23.2. The average molecular weight is 492 g/mol. The first-order valence-corrected chi connectivity index (χ1v) is 12.9. The number of amides is 1. The molecule has 2 bridgehead atoms. The van der Waals surface area contributed by atoms with E-state index in [1.54, 1.807) is 25.2 Å². The van der Waals surface area contributed by atoms with Crippen LogP contribution in [0.4, 0.5) is 21.7 Å². The molecule has 0 atom stereocenters. The molecule has 4 aliphatic rings. The highest BCUT2D eigenvalue weighted by Gasteiger charge is 2.59. The summed E-state index contributed by atoms with van der Waals surface area (Å²) in [5.41, 5.74) is 2.64. The first-order chi connectivity index (χ1) is 17.2. The highest BCUT2D eigenvalue weighted by Crippen LogP contribution is 2.63. The second-order valence-corrected chi connectivity index (χ2v) is 11.1. The minimum atomic E-state index is -0.254. The van der Waals surface area contributed by atoms with Crippen LogP contribution in [-0.2, 0) is 5.54 Å². The predicted octanol–water partition coefficient (Wildman–Crippen LogP) is 4.06. The van der Waals surface area contributed by atoms with E-state index in [1.807, 2.05) is 18.2 Å². The Balaban J connectivity index is 1.26. The number of aromatic nitrogens is 3. The maximum absolute atomic E-state index is 15.1. The number of hydrogen-bond donors (Lipinski definition) is 1. The summed E-state index contributed by atoms with van der Waals surface area (Å²) in [6, 6.07) is 7.63. The molecule has 1 saturated heterocycles. The van der Waals surface area contributed by atoms with E-state index in [0.29, 0.717) is 29.1 Å². The lowest BCUT2D eigenvalue weighted by Crippen LogP contribution is -2.60. The van der Waals surface area contributed by atoms with Gasteiger partial charge in [-0.25, -0.2) is 9.37 Å². The van der Waals surface area contributed by atoms with E-state index < -0.39 is 0 Å². The van der Waals surface area contributed by atoms with Crippen molar-refractivity contribution in [1.29, 1.82) is 0 Å². The Hall–Kier alpha value is -3.20. The normalized spacial score (nSPS) is 23.5. The van der Waals surface area contributed by atoms with Crippen molar-refractivity contribution in [3.8, 4) is 0 Å². The first-order valence-electron chi connectivity index (χ1n) is 12.9. The fraction of sp³-hybridized carbons (Fsp3) is 0.519.